The van der Waals surface area contributed by atoms with Crippen molar-refractivity contribution in [3.8, 4) is 45.3 Å². The lowest BCUT2D eigenvalue weighted by Gasteiger charge is -2.39. The number of para-hydroxylation sites is 4. The summed E-state index contributed by atoms with van der Waals surface area (Å²) in [5.41, 5.74) is 14.6. The molecule has 0 amide bonds. The van der Waals surface area contributed by atoms with Gasteiger partial charge in [-0.25, -0.2) is 0 Å². The Labute approximate surface area is 362 Å². The summed E-state index contributed by atoms with van der Waals surface area (Å²) in [5, 5.41) is 5.09. The second-order valence-electron chi connectivity index (χ2n) is 16.3. The van der Waals surface area contributed by atoms with Gasteiger partial charge in [0.2, 0.25) is 0 Å². The summed E-state index contributed by atoms with van der Waals surface area (Å²) < 4.78 is 13.9. The highest BCUT2D eigenvalue weighted by Crippen LogP contribution is 2.65. The largest absolute Gasteiger partial charge is 0.457 e. The lowest BCUT2D eigenvalue weighted by Crippen LogP contribution is -2.32. The molecule has 0 N–H and O–H groups in total. The summed E-state index contributed by atoms with van der Waals surface area (Å²) in [4.78, 5) is 0. The van der Waals surface area contributed by atoms with Crippen molar-refractivity contribution >= 4 is 37.5 Å². The van der Waals surface area contributed by atoms with E-state index in [0.29, 0.717) is 0 Å². The Morgan fingerprint density at radius 3 is 1.20 bits per heavy atom. The third-order valence-electron chi connectivity index (χ3n) is 13.5. The minimum Gasteiger partial charge on any atom is -0.457 e. The molecule has 2 heterocycles. The fourth-order valence-electron chi connectivity index (χ4n) is 11.3. The lowest BCUT2D eigenvalue weighted by atomic mass is 9.66. The predicted octanol–water partition coefficient (Wildman–Crippen LogP) is 15.4. The minimum absolute atomic E-state index is 0.374. The van der Waals surface area contributed by atoms with Crippen molar-refractivity contribution in [3.63, 3.8) is 0 Å². The van der Waals surface area contributed by atoms with E-state index in [-0.39, 0.29) is 5.41 Å². The Bertz CT molecular complexity index is 3380. The van der Waals surface area contributed by atoms with E-state index >= 15 is 0 Å². The van der Waals surface area contributed by atoms with Crippen molar-refractivity contribution in [2.75, 3.05) is 0 Å². The monoisotopic (exact) mass is 842 g/mol. The van der Waals surface area contributed by atoms with Gasteiger partial charge in [0.15, 0.2) is 0 Å². The Kier molecular flexibility index (Phi) is 7.33. The average Bonchev–Trinajstić information content (AvgIpc) is 3.78. The predicted molar refractivity (Wildman–Crippen MR) is 250 cm³/mol. The normalized spacial score (nSPS) is 14.5. The van der Waals surface area contributed by atoms with Crippen LogP contribution < -0.4 is 9.47 Å². The van der Waals surface area contributed by atoms with Crippen LogP contribution in [0, 0.1) is 0 Å². The van der Waals surface area contributed by atoms with Gasteiger partial charge in [-0.1, -0.05) is 198 Å². The van der Waals surface area contributed by atoms with Gasteiger partial charge < -0.3 is 9.47 Å². The molecule has 10 aromatic rings. The maximum absolute atomic E-state index is 6.40. The molecule has 0 atom stereocenters. The molecule has 2 nitrogen and oxygen atoms in total. The van der Waals surface area contributed by atoms with Crippen LogP contribution in [0.3, 0.4) is 0 Å². The minimum atomic E-state index is -0.413. The molecule has 2 aliphatic carbocycles. The number of rotatable bonds is 0. The third kappa shape index (κ3) is 4.51. The number of ether oxygens (including phenoxy) is 2. The van der Waals surface area contributed by atoms with Gasteiger partial charge in [-0.2, -0.15) is 0 Å². The summed E-state index contributed by atoms with van der Waals surface area (Å²) in [6.45, 7) is 0. The first-order valence-corrected chi connectivity index (χ1v) is 21.7. The van der Waals surface area contributed by atoms with E-state index in [9.17, 15) is 0 Å². The number of fused-ring (bicyclic) bond motifs is 22. The van der Waals surface area contributed by atoms with E-state index in [1.165, 1.54) is 88.3 Å². The topological polar surface area (TPSA) is 18.5 Å². The van der Waals surface area contributed by atoms with E-state index < -0.39 is 5.41 Å². The van der Waals surface area contributed by atoms with Gasteiger partial charge in [0, 0.05) is 26.7 Å². The molecule has 4 aliphatic rings. The SMILES string of the molecule is Brc1cc2c(c3ccccc13)-c1ccccc1C21c2ccccc2Oc2ccccc21.c1ccc2c(c1)Oc1ccccc1C21c2ccccc2-c2c1ccc1ccccc21. The molecular weight excluding hydrogens is 809 g/mol. The summed E-state index contributed by atoms with van der Waals surface area (Å²) in [7, 11) is 0. The molecular formula is C58H35BrO2. The third-order valence-corrected chi connectivity index (χ3v) is 14.2. The van der Waals surface area contributed by atoms with E-state index in [1.54, 1.807) is 0 Å². The zero-order chi connectivity index (χ0) is 40.3. The maximum Gasteiger partial charge on any atom is 0.132 e. The molecule has 0 saturated heterocycles. The molecule has 61 heavy (non-hydrogen) atoms. The van der Waals surface area contributed by atoms with Crippen LogP contribution in [0.25, 0.3) is 43.8 Å². The number of hydrogen-bond donors (Lipinski definition) is 0. The zero-order valence-corrected chi connectivity index (χ0v) is 34.5. The quantitative estimate of drug-likeness (QED) is 0.151. The lowest BCUT2D eigenvalue weighted by molar-refractivity contribution is 0.436. The molecule has 14 rings (SSSR count). The summed E-state index contributed by atoms with van der Waals surface area (Å²) >= 11 is 3.89. The number of halogens is 1. The molecule has 0 aromatic heterocycles. The highest BCUT2D eigenvalue weighted by molar-refractivity contribution is 9.10. The van der Waals surface area contributed by atoms with Crippen molar-refractivity contribution in [3.05, 3.63) is 261 Å². The van der Waals surface area contributed by atoms with Crippen molar-refractivity contribution in [1.29, 1.82) is 0 Å². The Balaban J connectivity index is 0.000000125. The molecule has 0 saturated carbocycles. The van der Waals surface area contributed by atoms with E-state index in [4.69, 9.17) is 9.47 Å². The molecule has 286 valence electrons. The van der Waals surface area contributed by atoms with Crippen LogP contribution in [0.15, 0.2) is 217 Å². The summed E-state index contributed by atoms with van der Waals surface area (Å²) in [5.74, 6) is 3.72. The van der Waals surface area contributed by atoms with Gasteiger partial charge in [-0.05, 0) is 96.4 Å². The van der Waals surface area contributed by atoms with E-state index in [0.717, 1.165) is 27.5 Å². The molecule has 0 unspecified atom stereocenters. The molecule has 0 bridgehead atoms. The van der Waals surface area contributed by atoms with Crippen LogP contribution in [0.2, 0.25) is 0 Å². The highest BCUT2D eigenvalue weighted by atomic mass is 79.9. The van der Waals surface area contributed by atoms with Crippen molar-refractivity contribution < 1.29 is 9.47 Å². The first-order chi connectivity index (χ1) is 30.2. The van der Waals surface area contributed by atoms with Gasteiger partial charge in [0.1, 0.15) is 23.0 Å². The summed E-state index contributed by atoms with van der Waals surface area (Å²) in [6.07, 6.45) is 0. The zero-order valence-electron chi connectivity index (χ0n) is 32.9. The second-order valence-corrected chi connectivity index (χ2v) is 17.2. The van der Waals surface area contributed by atoms with E-state index in [2.05, 4.69) is 228 Å². The average molecular weight is 844 g/mol. The Morgan fingerprint density at radius 2 is 0.672 bits per heavy atom. The van der Waals surface area contributed by atoms with Crippen LogP contribution in [0.5, 0.6) is 23.0 Å². The number of benzene rings is 10. The van der Waals surface area contributed by atoms with E-state index in [1.807, 2.05) is 0 Å². The van der Waals surface area contributed by atoms with Crippen molar-refractivity contribution in [2.45, 2.75) is 10.8 Å². The van der Waals surface area contributed by atoms with Crippen LogP contribution in [0.4, 0.5) is 0 Å². The first-order valence-electron chi connectivity index (χ1n) is 20.9. The van der Waals surface area contributed by atoms with Gasteiger partial charge in [0.05, 0.1) is 10.8 Å². The summed E-state index contributed by atoms with van der Waals surface area (Å²) in [6, 6.07) is 76.0. The molecule has 10 aromatic carbocycles. The highest BCUT2D eigenvalue weighted by Gasteiger charge is 2.53. The molecule has 2 spiro atoms. The fourth-order valence-corrected chi connectivity index (χ4v) is 11.9. The standard InChI is InChI=1S/C29H17BrO.C29H18O/c30-25-17-24-28(19-10-2-1-9-18(19)25)20-11-3-4-12-21(20)29(24)22-13-5-7-15-26(22)31-27-16-8-6-14-23(27)29;1-2-10-20-19(9-1)17-18-25-28(20)21-11-3-4-12-22(21)29(25)23-13-5-7-15-26(23)30-27-16-8-6-14-24(27)29/h1-17H;1-18H. The van der Waals surface area contributed by atoms with Gasteiger partial charge >= 0.3 is 0 Å². The number of hydrogen-bond acceptors (Lipinski definition) is 2. The Hall–Kier alpha value is -7.20. The van der Waals surface area contributed by atoms with Crippen LogP contribution in [-0.2, 0) is 10.8 Å². The Morgan fingerprint density at radius 1 is 0.295 bits per heavy atom. The first kappa shape index (κ1) is 34.6. The van der Waals surface area contributed by atoms with Gasteiger partial charge in [-0.3, -0.25) is 0 Å². The molecule has 0 fully saturated rings. The van der Waals surface area contributed by atoms with Crippen LogP contribution >= 0.6 is 15.9 Å². The maximum atomic E-state index is 6.40. The molecule has 3 heteroatoms. The van der Waals surface area contributed by atoms with Crippen LogP contribution in [-0.4, -0.2) is 0 Å². The van der Waals surface area contributed by atoms with Crippen molar-refractivity contribution in [1.82, 2.24) is 0 Å². The van der Waals surface area contributed by atoms with Crippen LogP contribution in [0.1, 0.15) is 44.5 Å². The van der Waals surface area contributed by atoms with Gasteiger partial charge in [-0.15, -0.1) is 0 Å². The second kappa shape index (κ2) is 12.9. The smallest absolute Gasteiger partial charge is 0.132 e. The van der Waals surface area contributed by atoms with Crippen molar-refractivity contribution in [2.24, 2.45) is 0 Å². The van der Waals surface area contributed by atoms with Gasteiger partial charge in [0.25, 0.3) is 0 Å². The molecule has 0 radical (unpaired) electrons. The fraction of sp³-hybridized carbons (Fsp3) is 0.0345. The molecule has 2 aliphatic heterocycles.